The van der Waals surface area contributed by atoms with Crippen LogP contribution in [0.25, 0.3) is 0 Å². The van der Waals surface area contributed by atoms with Crippen LogP contribution < -0.4 is 0 Å². The minimum atomic E-state index is 0.260. The highest BCUT2D eigenvalue weighted by Crippen LogP contribution is 2.22. The average molecular weight is 231 g/mol. The molecule has 2 nitrogen and oxygen atoms in total. The molecule has 1 aromatic carbocycles. The highest BCUT2D eigenvalue weighted by molar-refractivity contribution is 5.80. The molecule has 2 rings (SSSR count). The molecule has 17 heavy (non-hydrogen) atoms. The van der Waals surface area contributed by atoms with E-state index in [1.165, 1.54) is 24.0 Å². The van der Waals surface area contributed by atoms with Crippen LogP contribution in [0, 0.1) is 0 Å². The van der Waals surface area contributed by atoms with E-state index in [0.29, 0.717) is 12.5 Å². The molecule has 0 aromatic heterocycles. The summed E-state index contributed by atoms with van der Waals surface area (Å²) in [7, 11) is 1.95. The molecule has 0 aliphatic carbocycles. The van der Waals surface area contributed by atoms with Gasteiger partial charge in [-0.3, -0.25) is 4.79 Å². The maximum absolute atomic E-state index is 12.1. The van der Waals surface area contributed by atoms with Gasteiger partial charge in [0.25, 0.3) is 0 Å². The molecule has 0 fully saturated rings. The first-order chi connectivity index (χ1) is 8.22. The van der Waals surface area contributed by atoms with Crippen molar-refractivity contribution in [2.45, 2.75) is 45.1 Å². The zero-order valence-corrected chi connectivity index (χ0v) is 10.8. The number of likely N-dealkylation sites (N-methyl/N-ethyl adjacent to an activating group) is 1. The summed E-state index contributed by atoms with van der Waals surface area (Å²) in [6.45, 7) is 2.20. The van der Waals surface area contributed by atoms with Crippen LogP contribution >= 0.6 is 0 Å². The number of carbonyl (C=O) groups is 1. The number of amides is 1. The molecule has 0 saturated carbocycles. The third kappa shape index (κ3) is 2.68. The van der Waals surface area contributed by atoms with Crippen molar-refractivity contribution in [3.05, 3.63) is 35.4 Å². The van der Waals surface area contributed by atoms with E-state index in [1.807, 2.05) is 18.0 Å². The summed E-state index contributed by atoms with van der Waals surface area (Å²) >= 11 is 0. The van der Waals surface area contributed by atoms with Crippen LogP contribution in [-0.2, 0) is 17.6 Å². The first-order valence-corrected chi connectivity index (χ1v) is 6.54. The van der Waals surface area contributed by atoms with Crippen molar-refractivity contribution in [2.75, 3.05) is 7.05 Å². The van der Waals surface area contributed by atoms with Gasteiger partial charge in [0.05, 0.1) is 6.42 Å². The Morgan fingerprint density at radius 3 is 2.71 bits per heavy atom. The predicted octanol–water partition coefficient (Wildman–Crippen LogP) is 2.80. The van der Waals surface area contributed by atoms with Crippen LogP contribution in [0.4, 0.5) is 0 Å². The van der Waals surface area contributed by atoms with Crippen LogP contribution in [0.1, 0.15) is 37.3 Å². The average Bonchev–Trinajstić information content (AvgIpc) is 2.46. The molecule has 1 aliphatic rings. The molecule has 92 valence electrons. The van der Waals surface area contributed by atoms with Gasteiger partial charge in [-0.1, -0.05) is 44.0 Å². The number of rotatable bonds is 3. The third-order valence-electron chi connectivity index (χ3n) is 3.75. The molecule has 1 amide bonds. The summed E-state index contributed by atoms with van der Waals surface area (Å²) in [5, 5.41) is 0. The van der Waals surface area contributed by atoms with Crippen molar-refractivity contribution in [3.63, 3.8) is 0 Å². The van der Waals surface area contributed by atoms with Gasteiger partial charge >= 0.3 is 0 Å². The van der Waals surface area contributed by atoms with Gasteiger partial charge in [0.1, 0.15) is 0 Å². The molecule has 2 heteroatoms. The fourth-order valence-electron chi connectivity index (χ4n) is 2.55. The highest BCUT2D eigenvalue weighted by Gasteiger charge is 2.25. The van der Waals surface area contributed by atoms with Gasteiger partial charge in [-0.2, -0.15) is 0 Å². The van der Waals surface area contributed by atoms with Crippen molar-refractivity contribution in [1.29, 1.82) is 0 Å². The van der Waals surface area contributed by atoms with Crippen LogP contribution in [0.15, 0.2) is 24.3 Å². The molecular formula is C15H21NO. The smallest absolute Gasteiger partial charge is 0.227 e. The number of nitrogens with zero attached hydrogens (tertiary/aromatic N) is 1. The van der Waals surface area contributed by atoms with E-state index in [9.17, 15) is 4.79 Å². The normalized spacial score (nSPS) is 20.0. The lowest BCUT2D eigenvalue weighted by Gasteiger charge is -2.26. The van der Waals surface area contributed by atoms with Gasteiger partial charge in [0.15, 0.2) is 0 Å². The summed E-state index contributed by atoms with van der Waals surface area (Å²) in [5.41, 5.74) is 2.56. The summed E-state index contributed by atoms with van der Waals surface area (Å²) in [5.74, 6) is 0.260. The van der Waals surface area contributed by atoms with E-state index >= 15 is 0 Å². The standard InChI is InChI=1S/C15H21NO/c1-3-4-9-14-10-12-7-5-6-8-13(12)11-15(17)16(14)2/h5-8,14H,3-4,9-11H2,1-2H3. The molecule has 1 unspecified atom stereocenters. The van der Waals surface area contributed by atoms with Gasteiger partial charge in [-0.05, 0) is 24.0 Å². The van der Waals surface area contributed by atoms with Crippen LogP contribution in [0.5, 0.6) is 0 Å². The minimum absolute atomic E-state index is 0.260. The van der Waals surface area contributed by atoms with Gasteiger partial charge in [0.2, 0.25) is 5.91 Å². The lowest BCUT2D eigenvalue weighted by atomic mass is 9.98. The Kier molecular flexibility index (Phi) is 3.82. The number of hydrogen-bond donors (Lipinski definition) is 0. The van der Waals surface area contributed by atoms with Crippen LogP contribution in [0.3, 0.4) is 0 Å². The SMILES string of the molecule is CCCCC1Cc2ccccc2CC(=O)N1C. The monoisotopic (exact) mass is 231 g/mol. The Labute approximate surface area is 104 Å². The number of unbranched alkanes of at least 4 members (excludes halogenated alkanes) is 1. The molecule has 1 aromatic rings. The summed E-state index contributed by atoms with van der Waals surface area (Å²) in [6, 6.07) is 8.74. The molecule has 0 radical (unpaired) electrons. The molecule has 1 atom stereocenters. The summed E-state index contributed by atoms with van der Waals surface area (Å²) in [6.07, 6.45) is 5.09. The van der Waals surface area contributed by atoms with Gasteiger partial charge < -0.3 is 4.90 Å². The van der Waals surface area contributed by atoms with Crippen molar-refractivity contribution in [3.8, 4) is 0 Å². The van der Waals surface area contributed by atoms with Crippen molar-refractivity contribution in [1.82, 2.24) is 4.90 Å². The van der Waals surface area contributed by atoms with E-state index in [0.717, 1.165) is 12.8 Å². The van der Waals surface area contributed by atoms with E-state index in [4.69, 9.17) is 0 Å². The molecule has 1 aliphatic heterocycles. The third-order valence-corrected chi connectivity index (χ3v) is 3.75. The summed E-state index contributed by atoms with van der Waals surface area (Å²) in [4.78, 5) is 14.0. The van der Waals surface area contributed by atoms with Gasteiger partial charge in [-0.25, -0.2) is 0 Å². The maximum atomic E-state index is 12.1. The van der Waals surface area contributed by atoms with E-state index in [-0.39, 0.29) is 5.91 Å². The fraction of sp³-hybridized carbons (Fsp3) is 0.533. The van der Waals surface area contributed by atoms with Crippen LogP contribution in [0.2, 0.25) is 0 Å². The summed E-state index contributed by atoms with van der Waals surface area (Å²) < 4.78 is 0. The van der Waals surface area contributed by atoms with Crippen molar-refractivity contribution >= 4 is 5.91 Å². The largest absolute Gasteiger partial charge is 0.342 e. The van der Waals surface area contributed by atoms with Gasteiger partial charge in [-0.15, -0.1) is 0 Å². The molecule has 0 bridgehead atoms. The van der Waals surface area contributed by atoms with Crippen LogP contribution in [-0.4, -0.2) is 23.9 Å². The van der Waals surface area contributed by atoms with Gasteiger partial charge in [0, 0.05) is 13.1 Å². The van der Waals surface area contributed by atoms with E-state index in [1.54, 1.807) is 0 Å². The zero-order chi connectivity index (χ0) is 12.3. The Morgan fingerprint density at radius 1 is 1.29 bits per heavy atom. The highest BCUT2D eigenvalue weighted by atomic mass is 16.2. The number of benzene rings is 1. The lowest BCUT2D eigenvalue weighted by molar-refractivity contribution is -0.131. The maximum Gasteiger partial charge on any atom is 0.227 e. The molecular weight excluding hydrogens is 210 g/mol. The lowest BCUT2D eigenvalue weighted by Crippen LogP contribution is -2.37. The van der Waals surface area contributed by atoms with Crippen molar-refractivity contribution < 1.29 is 4.79 Å². The van der Waals surface area contributed by atoms with Crippen molar-refractivity contribution in [2.24, 2.45) is 0 Å². The minimum Gasteiger partial charge on any atom is -0.342 e. The topological polar surface area (TPSA) is 20.3 Å². The molecule has 1 heterocycles. The zero-order valence-electron chi connectivity index (χ0n) is 10.8. The molecule has 0 spiro atoms. The predicted molar refractivity (Wildman–Crippen MR) is 69.9 cm³/mol. The Hall–Kier alpha value is -1.31. The number of fused-ring (bicyclic) bond motifs is 1. The first kappa shape index (κ1) is 12.2. The second-order valence-electron chi connectivity index (χ2n) is 4.95. The number of hydrogen-bond acceptors (Lipinski definition) is 1. The Balaban J connectivity index is 2.22. The van der Waals surface area contributed by atoms with E-state index < -0.39 is 0 Å². The quantitative estimate of drug-likeness (QED) is 0.783. The van der Waals surface area contributed by atoms with E-state index in [2.05, 4.69) is 25.1 Å². The first-order valence-electron chi connectivity index (χ1n) is 6.54. The second-order valence-corrected chi connectivity index (χ2v) is 4.95. The Morgan fingerprint density at radius 2 is 2.00 bits per heavy atom. The molecule has 0 saturated heterocycles. The Bertz CT molecular complexity index is 400. The second kappa shape index (κ2) is 5.35. The number of carbonyl (C=O) groups excluding carboxylic acids is 1. The molecule has 0 N–H and O–H groups in total. The fourth-order valence-corrected chi connectivity index (χ4v) is 2.55.